The van der Waals surface area contributed by atoms with Crippen LogP contribution in [-0.2, 0) is 4.79 Å². The van der Waals surface area contributed by atoms with Gasteiger partial charge in [0.2, 0.25) is 5.91 Å². The van der Waals surface area contributed by atoms with E-state index < -0.39 is 5.60 Å². The summed E-state index contributed by atoms with van der Waals surface area (Å²) in [6, 6.07) is 11.2. The quantitative estimate of drug-likeness (QED) is 0.727. The van der Waals surface area contributed by atoms with Gasteiger partial charge in [0.25, 0.3) is 0 Å². The summed E-state index contributed by atoms with van der Waals surface area (Å²) in [5.41, 5.74) is 2.82. The number of aryl methyl sites for hydroxylation is 2. The molecule has 2 aromatic rings. The number of anilines is 1. The molecule has 0 spiro atoms. The van der Waals surface area contributed by atoms with E-state index in [-0.39, 0.29) is 11.7 Å². The minimum Gasteiger partial charge on any atom is -0.493 e. The van der Waals surface area contributed by atoms with Crippen molar-refractivity contribution in [2.75, 3.05) is 11.9 Å². The van der Waals surface area contributed by atoms with E-state index in [1.807, 2.05) is 45.9 Å². The summed E-state index contributed by atoms with van der Waals surface area (Å²) >= 11 is 0. The van der Waals surface area contributed by atoms with Crippen LogP contribution in [0.4, 0.5) is 5.69 Å². The van der Waals surface area contributed by atoms with E-state index in [9.17, 15) is 9.59 Å². The second kappa shape index (κ2) is 8.05. The molecule has 0 bridgehead atoms. The lowest BCUT2D eigenvalue weighted by Gasteiger charge is -2.31. The van der Waals surface area contributed by atoms with Gasteiger partial charge in [-0.3, -0.25) is 9.59 Å². The molecule has 0 fully saturated rings. The summed E-state index contributed by atoms with van der Waals surface area (Å²) < 4.78 is 11.7. The lowest BCUT2D eigenvalue weighted by atomic mass is 9.93. The number of carbonyl (C=O) groups is 2. The normalized spacial score (nSPS) is 14.8. The Morgan fingerprint density at radius 2 is 1.89 bits per heavy atom. The summed E-state index contributed by atoms with van der Waals surface area (Å²) in [4.78, 5) is 24.6. The third-order valence-corrected chi connectivity index (χ3v) is 4.74. The molecule has 0 aliphatic carbocycles. The summed E-state index contributed by atoms with van der Waals surface area (Å²) in [5.74, 6) is 1.39. The van der Waals surface area contributed by atoms with E-state index in [2.05, 4.69) is 5.32 Å². The molecular formula is C23H27NO4. The highest BCUT2D eigenvalue weighted by molar-refractivity contribution is 6.02. The Balaban J connectivity index is 1.52. The number of amides is 1. The van der Waals surface area contributed by atoms with Crippen LogP contribution >= 0.6 is 0 Å². The fourth-order valence-electron chi connectivity index (χ4n) is 3.39. The average molecular weight is 381 g/mol. The van der Waals surface area contributed by atoms with Gasteiger partial charge in [0.15, 0.2) is 5.78 Å². The molecule has 0 aromatic heterocycles. The maximum absolute atomic E-state index is 12.3. The number of rotatable bonds is 6. The second-order valence-corrected chi connectivity index (χ2v) is 7.89. The average Bonchev–Trinajstić information content (AvgIpc) is 2.60. The number of hydrogen-bond acceptors (Lipinski definition) is 4. The van der Waals surface area contributed by atoms with Crippen molar-refractivity contribution in [3.8, 4) is 11.5 Å². The zero-order chi connectivity index (χ0) is 20.3. The monoisotopic (exact) mass is 381 g/mol. The summed E-state index contributed by atoms with van der Waals surface area (Å²) in [5, 5.41) is 2.85. The van der Waals surface area contributed by atoms with Crippen molar-refractivity contribution in [2.45, 2.75) is 52.6 Å². The summed E-state index contributed by atoms with van der Waals surface area (Å²) in [6.07, 6.45) is 1.29. The van der Waals surface area contributed by atoms with Crippen molar-refractivity contribution in [3.63, 3.8) is 0 Å². The van der Waals surface area contributed by atoms with E-state index in [0.29, 0.717) is 42.9 Å². The largest absolute Gasteiger partial charge is 0.493 e. The third-order valence-electron chi connectivity index (χ3n) is 4.74. The first kappa shape index (κ1) is 19.9. The zero-order valence-corrected chi connectivity index (χ0v) is 16.9. The molecule has 148 valence electrons. The molecule has 1 N–H and O–H groups in total. The van der Waals surface area contributed by atoms with Crippen LogP contribution in [0.1, 0.15) is 54.6 Å². The van der Waals surface area contributed by atoms with Crippen molar-refractivity contribution >= 4 is 17.4 Å². The molecule has 28 heavy (non-hydrogen) atoms. The molecule has 0 saturated carbocycles. The fourth-order valence-corrected chi connectivity index (χ4v) is 3.39. The van der Waals surface area contributed by atoms with Gasteiger partial charge in [-0.1, -0.05) is 18.2 Å². The number of carbonyl (C=O) groups excluding carboxylic acids is 2. The Hall–Kier alpha value is -2.82. The van der Waals surface area contributed by atoms with Crippen molar-refractivity contribution in [3.05, 3.63) is 53.1 Å². The zero-order valence-electron chi connectivity index (χ0n) is 16.9. The Bertz CT molecular complexity index is 881. The molecule has 0 unspecified atom stereocenters. The Morgan fingerprint density at radius 3 is 2.61 bits per heavy atom. The number of Topliss-reactive ketones (excluding diaryl/α,β-unsaturated/α-hetero) is 1. The van der Waals surface area contributed by atoms with Gasteiger partial charge < -0.3 is 14.8 Å². The minimum absolute atomic E-state index is 0.0318. The third kappa shape index (κ3) is 4.71. The van der Waals surface area contributed by atoms with Crippen molar-refractivity contribution in [2.24, 2.45) is 0 Å². The smallest absolute Gasteiger partial charge is 0.224 e. The van der Waals surface area contributed by atoms with Crippen LogP contribution in [-0.4, -0.2) is 23.9 Å². The molecule has 1 heterocycles. The van der Waals surface area contributed by atoms with Crippen LogP contribution in [0, 0.1) is 13.8 Å². The van der Waals surface area contributed by atoms with Gasteiger partial charge in [0, 0.05) is 12.1 Å². The molecule has 0 radical (unpaired) electrons. The lowest BCUT2D eigenvalue weighted by molar-refractivity contribution is -0.116. The molecule has 0 atom stereocenters. The second-order valence-electron chi connectivity index (χ2n) is 7.89. The van der Waals surface area contributed by atoms with Gasteiger partial charge in [-0.2, -0.15) is 0 Å². The van der Waals surface area contributed by atoms with Gasteiger partial charge in [0.05, 0.1) is 18.6 Å². The number of ketones is 1. The molecule has 1 amide bonds. The molecule has 5 nitrogen and oxygen atoms in total. The highest BCUT2D eigenvalue weighted by atomic mass is 16.5. The van der Waals surface area contributed by atoms with Crippen molar-refractivity contribution in [1.82, 2.24) is 0 Å². The summed E-state index contributed by atoms with van der Waals surface area (Å²) in [7, 11) is 0. The van der Waals surface area contributed by atoms with Crippen LogP contribution in [0.15, 0.2) is 36.4 Å². The van der Waals surface area contributed by atoms with Crippen LogP contribution in [0.3, 0.4) is 0 Å². The van der Waals surface area contributed by atoms with Gasteiger partial charge in [-0.25, -0.2) is 0 Å². The van der Waals surface area contributed by atoms with E-state index in [0.717, 1.165) is 16.9 Å². The van der Waals surface area contributed by atoms with Crippen molar-refractivity contribution < 1.29 is 19.1 Å². The number of ether oxygens (including phenoxy) is 2. The number of benzene rings is 2. The molecule has 0 saturated heterocycles. The Kier molecular flexibility index (Phi) is 5.73. The fraction of sp³-hybridized carbons (Fsp3) is 0.391. The molecule has 1 aliphatic rings. The van der Waals surface area contributed by atoms with E-state index in [4.69, 9.17) is 9.47 Å². The van der Waals surface area contributed by atoms with Gasteiger partial charge in [-0.05, 0) is 63.4 Å². The SMILES string of the molecule is Cc1cccc(C)c1OCCCC(=O)Nc1ccc2c(c1)C(=O)CC(C)(C)O2. The van der Waals surface area contributed by atoms with E-state index in [1.165, 1.54) is 0 Å². The maximum Gasteiger partial charge on any atom is 0.224 e. The number of nitrogens with one attached hydrogen (secondary N) is 1. The predicted molar refractivity (Wildman–Crippen MR) is 109 cm³/mol. The number of fused-ring (bicyclic) bond motifs is 1. The highest BCUT2D eigenvalue weighted by Gasteiger charge is 2.32. The lowest BCUT2D eigenvalue weighted by Crippen LogP contribution is -2.35. The molecule has 5 heteroatoms. The molecule has 3 rings (SSSR count). The van der Waals surface area contributed by atoms with Crippen LogP contribution in [0.25, 0.3) is 0 Å². The first-order valence-electron chi connectivity index (χ1n) is 9.60. The van der Waals surface area contributed by atoms with Crippen LogP contribution < -0.4 is 14.8 Å². The predicted octanol–water partition coefficient (Wildman–Crippen LogP) is 4.84. The first-order chi connectivity index (χ1) is 13.2. The van der Waals surface area contributed by atoms with Crippen molar-refractivity contribution in [1.29, 1.82) is 0 Å². The number of para-hydroxylation sites is 1. The Labute approximate surface area is 166 Å². The maximum atomic E-state index is 12.3. The van der Waals surface area contributed by atoms with Gasteiger partial charge >= 0.3 is 0 Å². The molecule has 1 aliphatic heterocycles. The van der Waals surface area contributed by atoms with Gasteiger partial charge in [-0.15, -0.1) is 0 Å². The number of hydrogen-bond donors (Lipinski definition) is 1. The van der Waals surface area contributed by atoms with Crippen LogP contribution in [0.5, 0.6) is 11.5 Å². The van der Waals surface area contributed by atoms with Crippen LogP contribution in [0.2, 0.25) is 0 Å². The molecular weight excluding hydrogens is 354 g/mol. The van der Waals surface area contributed by atoms with E-state index >= 15 is 0 Å². The first-order valence-corrected chi connectivity index (χ1v) is 9.60. The van der Waals surface area contributed by atoms with Gasteiger partial charge in [0.1, 0.15) is 17.1 Å². The van der Waals surface area contributed by atoms with E-state index in [1.54, 1.807) is 18.2 Å². The summed E-state index contributed by atoms with van der Waals surface area (Å²) in [6.45, 7) is 8.29. The minimum atomic E-state index is -0.496. The highest BCUT2D eigenvalue weighted by Crippen LogP contribution is 2.34. The standard InChI is InChI=1S/C23H27NO4/c1-15-7-5-8-16(2)22(15)27-12-6-9-21(26)24-17-10-11-20-18(13-17)19(25)14-23(3,4)28-20/h5,7-8,10-11,13H,6,9,12,14H2,1-4H3,(H,24,26). The molecule has 2 aromatic carbocycles. The Morgan fingerprint density at radius 1 is 1.18 bits per heavy atom. The topological polar surface area (TPSA) is 64.6 Å².